The molecule has 0 aromatic heterocycles. The summed E-state index contributed by atoms with van der Waals surface area (Å²) in [5.74, 6) is -0.227. The van der Waals surface area contributed by atoms with Gasteiger partial charge in [0.25, 0.3) is 0 Å². The van der Waals surface area contributed by atoms with Gasteiger partial charge in [-0.2, -0.15) is 0 Å². The van der Waals surface area contributed by atoms with E-state index < -0.39 is 0 Å². The van der Waals surface area contributed by atoms with Crippen LogP contribution in [0, 0.1) is 5.82 Å². The topological polar surface area (TPSA) is 17.1 Å². The molecule has 1 aromatic carbocycles. The molecule has 0 spiro atoms. The van der Waals surface area contributed by atoms with Gasteiger partial charge in [0.2, 0.25) is 0 Å². The number of rotatable bonds is 0. The van der Waals surface area contributed by atoms with Crippen molar-refractivity contribution in [3.63, 3.8) is 0 Å². The lowest BCUT2D eigenvalue weighted by molar-refractivity contribution is 0.0994. The van der Waals surface area contributed by atoms with Crippen LogP contribution in [0.25, 0.3) is 0 Å². The minimum atomic E-state index is -0.279. The highest BCUT2D eigenvalue weighted by Gasteiger charge is 2.23. The lowest BCUT2D eigenvalue weighted by Gasteiger charge is -2.00. The number of ketones is 1. The molecule has 1 aliphatic rings. The Labute approximate surface area is 77.7 Å². The maximum absolute atomic E-state index is 13.3. The summed E-state index contributed by atoms with van der Waals surface area (Å²) in [5.41, 5.74) is 1.12. The first-order valence-electron chi connectivity index (χ1n) is 3.70. The van der Waals surface area contributed by atoms with Crippen LogP contribution in [0.5, 0.6) is 0 Å². The van der Waals surface area contributed by atoms with Gasteiger partial charge in [-0.3, -0.25) is 4.79 Å². The molecule has 0 saturated carbocycles. The van der Waals surface area contributed by atoms with Gasteiger partial charge in [-0.05, 0) is 34.5 Å². The Balaban J connectivity index is 2.68. The van der Waals surface area contributed by atoms with Gasteiger partial charge in [0.1, 0.15) is 5.82 Å². The van der Waals surface area contributed by atoms with Crippen LogP contribution in [0.2, 0.25) is 0 Å². The maximum atomic E-state index is 13.3. The highest BCUT2D eigenvalue weighted by Crippen LogP contribution is 2.28. The van der Waals surface area contributed by atoms with Crippen LogP contribution in [0.4, 0.5) is 4.39 Å². The average molecular weight is 229 g/mol. The van der Waals surface area contributed by atoms with Crippen LogP contribution >= 0.6 is 15.9 Å². The maximum Gasteiger partial charge on any atom is 0.163 e. The van der Waals surface area contributed by atoms with E-state index in [-0.39, 0.29) is 11.6 Å². The lowest BCUT2D eigenvalue weighted by Crippen LogP contribution is -1.93. The molecular weight excluding hydrogens is 223 g/mol. The minimum absolute atomic E-state index is 0.0522. The third-order valence-electron chi connectivity index (χ3n) is 2.10. The molecule has 1 aromatic rings. The second-order valence-corrected chi connectivity index (χ2v) is 3.66. The molecule has 0 amide bonds. The Kier molecular flexibility index (Phi) is 1.76. The Hall–Kier alpha value is -0.700. The number of Topliss-reactive ketones (excluding diaryl/α,β-unsaturated/α-hetero) is 1. The fourth-order valence-electron chi connectivity index (χ4n) is 1.47. The van der Waals surface area contributed by atoms with Crippen LogP contribution in [0.15, 0.2) is 16.6 Å². The van der Waals surface area contributed by atoms with Crippen LogP contribution in [-0.4, -0.2) is 5.78 Å². The number of carbonyl (C=O) groups excluding carboxylic acids is 1. The predicted molar refractivity (Wildman–Crippen MR) is 46.8 cm³/mol. The van der Waals surface area contributed by atoms with Crippen molar-refractivity contribution in [2.45, 2.75) is 12.8 Å². The molecule has 0 N–H and O–H groups in total. The van der Waals surface area contributed by atoms with Crippen molar-refractivity contribution in [3.05, 3.63) is 33.5 Å². The van der Waals surface area contributed by atoms with Crippen molar-refractivity contribution < 1.29 is 9.18 Å². The number of carbonyl (C=O) groups is 1. The quantitative estimate of drug-likeness (QED) is 0.668. The van der Waals surface area contributed by atoms with E-state index in [9.17, 15) is 9.18 Å². The Morgan fingerprint density at radius 2 is 2.08 bits per heavy atom. The van der Waals surface area contributed by atoms with Gasteiger partial charge in [-0.25, -0.2) is 4.39 Å². The molecule has 62 valence electrons. The summed E-state index contributed by atoms with van der Waals surface area (Å²) in [6.07, 6.45) is 0.988. The van der Waals surface area contributed by atoms with Crippen molar-refractivity contribution in [3.8, 4) is 0 Å². The van der Waals surface area contributed by atoms with Crippen molar-refractivity contribution in [2.24, 2.45) is 0 Å². The molecule has 3 heteroatoms. The van der Waals surface area contributed by atoms with E-state index in [0.717, 1.165) is 0 Å². The van der Waals surface area contributed by atoms with E-state index in [2.05, 4.69) is 15.9 Å². The third-order valence-corrected chi connectivity index (χ3v) is 2.71. The Bertz CT molecular complexity index is 360. The first-order valence-corrected chi connectivity index (χ1v) is 4.49. The number of hydrogen-bond acceptors (Lipinski definition) is 1. The number of halogens is 2. The van der Waals surface area contributed by atoms with Gasteiger partial charge >= 0.3 is 0 Å². The van der Waals surface area contributed by atoms with Gasteiger partial charge in [0, 0.05) is 17.5 Å². The molecule has 0 unspecified atom stereocenters. The molecule has 12 heavy (non-hydrogen) atoms. The Morgan fingerprint density at radius 1 is 1.33 bits per heavy atom. The minimum Gasteiger partial charge on any atom is -0.294 e. The summed E-state index contributed by atoms with van der Waals surface area (Å²) in [6, 6.07) is 3.26. The van der Waals surface area contributed by atoms with E-state index in [1.807, 2.05) is 0 Å². The smallest absolute Gasteiger partial charge is 0.163 e. The lowest BCUT2D eigenvalue weighted by atomic mass is 10.1. The standard InChI is InChI=1S/C9H6BrFO/c10-7-3-1-5-6(9(7)11)2-4-8(5)12/h1,3H,2,4H2. The molecule has 0 heterocycles. The van der Waals surface area contributed by atoms with Crippen LogP contribution in [-0.2, 0) is 6.42 Å². The average Bonchev–Trinajstić information content (AvgIpc) is 2.41. The molecule has 0 bridgehead atoms. The van der Waals surface area contributed by atoms with E-state index >= 15 is 0 Å². The fraction of sp³-hybridized carbons (Fsp3) is 0.222. The normalized spacial score (nSPS) is 15.0. The van der Waals surface area contributed by atoms with Crippen LogP contribution in [0.3, 0.4) is 0 Å². The zero-order valence-electron chi connectivity index (χ0n) is 6.23. The Morgan fingerprint density at radius 3 is 2.83 bits per heavy atom. The van der Waals surface area contributed by atoms with Gasteiger partial charge in [-0.15, -0.1) is 0 Å². The third kappa shape index (κ3) is 1.00. The highest BCUT2D eigenvalue weighted by atomic mass is 79.9. The van der Waals surface area contributed by atoms with Gasteiger partial charge in [0.15, 0.2) is 5.78 Å². The van der Waals surface area contributed by atoms with Gasteiger partial charge < -0.3 is 0 Å². The summed E-state index contributed by atoms with van der Waals surface area (Å²) in [6.45, 7) is 0. The summed E-state index contributed by atoms with van der Waals surface area (Å²) < 4.78 is 13.7. The molecule has 0 radical (unpaired) electrons. The molecule has 0 aliphatic heterocycles. The first-order chi connectivity index (χ1) is 5.70. The second-order valence-electron chi connectivity index (χ2n) is 2.81. The number of fused-ring (bicyclic) bond motifs is 1. The first kappa shape index (κ1) is 7.92. The molecule has 0 saturated heterocycles. The summed E-state index contributed by atoms with van der Waals surface area (Å²) in [5, 5.41) is 0. The summed E-state index contributed by atoms with van der Waals surface area (Å²) >= 11 is 3.08. The van der Waals surface area contributed by atoms with Crippen molar-refractivity contribution in [1.82, 2.24) is 0 Å². The summed E-state index contributed by atoms with van der Waals surface area (Å²) in [7, 11) is 0. The molecule has 0 fully saturated rings. The van der Waals surface area contributed by atoms with Crippen molar-refractivity contribution in [1.29, 1.82) is 0 Å². The second kappa shape index (κ2) is 2.66. The SMILES string of the molecule is O=C1CCc2c1ccc(Br)c2F. The van der Waals surface area contributed by atoms with Crippen molar-refractivity contribution in [2.75, 3.05) is 0 Å². The molecule has 2 rings (SSSR count). The number of benzene rings is 1. The van der Waals surface area contributed by atoms with Gasteiger partial charge in [-0.1, -0.05) is 0 Å². The zero-order chi connectivity index (χ0) is 8.72. The van der Waals surface area contributed by atoms with E-state index in [0.29, 0.717) is 28.4 Å². The monoisotopic (exact) mass is 228 g/mol. The largest absolute Gasteiger partial charge is 0.294 e. The predicted octanol–water partition coefficient (Wildman–Crippen LogP) is 2.72. The van der Waals surface area contributed by atoms with Gasteiger partial charge in [0.05, 0.1) is 4.47 Å². The van der Waals surface area contributed by atoms with Crippen LogP contribution < -0.4 is 0 Å². The zero-order valence-corrected chi connectivity index (χ0v) is 7.82. The van der Waals surface area contributed by atoms with E-state index in [1.165, 1.54) is 0 Å². The van der Waals surface area contributed by atoms with Crippen LogP contribution in [0.1, 0.15) is 22.3 Å². The molecular formula is C9H6BrFO. The van der Waals surface area contributed by atoms with E-state index in [4.69, 9.17) is 0 Å². The van der Waals surface area contributed by atoms with E-state index in [1.54, 1.807) is 12.1 Å². The highest BCUT2D eigenvalue weighted by molar-refractivity contribution is 9.10. The fourth-order valence-corrected chi connectivity index (χ4v) is 1.84. The number of hydrogen-bond donors (Lipinski definition) is 0. The van der Waals surface area contributed by atoms with Crippen molar-refractivity contribution >= 4 is 21.7 Å². The molecule has 1 aliphatic carbocycles. The molecule has 0 atom stereocenters. The summed E-state index contributed by atoms with van der Waals surface area (Å²) in [4.78, 5) is 11.1. The molecule has 1 nitrogen and oxygen atoms in total.